The van der Waals surface area contributed by atoms with Crippen LogP contribution in [0.1, 0.15) is 56.8 Å². The Morgan fingerprint density at radius 3 is 2.48 bits per heavy atom. The monoisotopic (exact) mass is 364 g/mol. The summed E-state index contributed by atoms with van der Waals surface area (Å²) >= 11 is 0. The second-order valence-corrected chi connectivity index (χ2v) is 9.17. The van der Waals surface area contributed by atoms with Crippen LogP contribution < -0.4 is 5.32 Å². The van der Waals surface area contributed by atoms with Crippen molar-refractivity contribution in [3.05, 3.63) is 65.7 Å². The normalized spacial score (nSPS) is 26.9. The number of anilines is 1. The molecule has 142 valence electrons. The summed E-state index contributed by atoms with van der Waals surface area (Å²) in [5, 5.41) is 13.7. The van der Waals surface area contributed by atoms with Crippen LogP contribution >= 0.6 is 0 Å². The smallest absolute Gasteiger partial charge is 0.407 e. The molecular weight excluding hydrogens is 336 g/mol. The SMILES string of the molecule is CC(C)(C)C[C@]12CCN(C(=O)O)[C@H]1c1ccccc1N[C@H]2c1ccccc1. The number of benzene rings is 2. The highest BCUT2D eigenvalue weighted by Crippen LogP contribution is 2.63. The van der Waals surface area contributed by atoms with Crippen LogP contribution in [0.4, 0.5) is 10.5 Å². The highest BCUT2D eigenvalue weighted by Gasteiger charge is 2.58. The van der Waals surface area contributed by atoms with Gasteiger partial charge in [0.2, 0.25) is 0 Å². The fourth-order valence-corrected chi connectivity index (χ4v) is 5.39. The average Bonchev–Trinajstić information content (AvgIpc) is 3.00. The number of rotatable bonds is 2. The molecule has 2 aromatic carbocycles. The van der Waals surface area contributed by atoms with Gasteiger partial charge in [-0.1, -0.05) is 69.3 Å². The Kier molecular flexibility index (Phi) is 4.17. The van der Waals surface area contributed by atoms with E-state index in [0.29, 0.717) is 6.54 Å². The van der Waals surface area contributed by atoms with E-state index >= 15 is 0 Å². The lowest BCUT2D eigenvalue weighted by Crippen LogP contribution is -2.46. The Hall–Kier alpha value is -2.49. The van der Waals surface area contributed by atoms with Crippen molar-refractivity contribution in [3.8, 4) is 0 Å². The Balaban J connectivity index is 1.93. The first-order chi connectivity index (χ1) is 12.8. The number of nitrogens with one attached hydrogen (secondary N) is 1. The molecule has 2 aliphatic rings. The van der Waals surface area contributed by atoms with E-state index in [1.807, 2.05) is 18.2 Å². The molecule has 4 heteroatoms. The van der Waals surface area contributed by atoms with E-state index in [-0.39, 0.29) is 22.9 Å². The number of amides is 1. The van der Waals surface area contributed by atoms with E-state index in [0.717, 1.165) is 24.1 Å². The average molecular weight is 364 g/mol. The first kappa shape index (κ1) is 17.9. The van der Waals surface area contributed by atoms with Gasteiger partial charge in [-0.15, -0.1) is 0 Å². The molecule has 2 heterocycles. The number of fused-ring (bicyclic) bond motifs is 3. The molecule has 3 atom stereocenters. The fourth-order valence-electron chi connectivity index (χ4n) is 5.39. The molecule has 4 nitrogen and oxygen atoms in total. The van der Waals surface area contributed by atoms with Crippen LogP contribution in [0.15, 0.2) is 54.6 Å². The molecule has 1 fully saturated rings. The maximum absolute atomic E-state index is 12.1. The molecule has 1 saturated heterocycles. The van der Waals surface area contributed by atoms with Crippen LogP contribution in [0.2, 0.25) is 0 Å². The van der Waals surface area contributed by atoms with Gasteiger partial charge in [0.15, 0.2) is 0 Å². The molecule has 0 aromatic heterocycles. The Morgan fingerprint density at radius 1 is 1.15 bits per heavy atom. The van der Waals surface area contributed by atoms with Crippen molar-refractivity contribution in [2.45, 2.75) is 45.7 Å². The quantitative estimate of drug-likeness (QED) is 0.718. The van der Waals surface area contributed by atoms with E-state index in [1.165, 1.54) is 5.56 Å². The van der Waals surface area contributed by atoms with E-state index in [4.69, 9.17) is 0 Å². The summed E-state index contributed by atoms with van der Waals surface area (Å²) in [5.41, 5.74) is 3.30. The zero-order chi connectivity index (χ0) is 19.2. The first-order valence-corrected chi connectivity index (χ1v) is 9.72. The number of nitrogens with zero attached hydrogens (tertiary/aromatic N) is 1. The molecule has 2 N–H and O–H groups in total. The Labute approximate surface area is 161 Å². The van der Waals surface area contributed by atoms with Crippen molar-refractivity contribution >= 4 is 11.8 Å². The van der Waals surface area contributed by atoms with Crippen LogP contribution in [-0.2, 0) is 0 Å². The summed E-state index contributed by atoms with van der Waals surface area (Å²) in [4.78, 5) is 13.8. The molecule has 4 rings (SSSR count). The van der Waals surface area contributed by atoms with E-state index in [2.05, 4.69) is 62.5 Å². The maximum atomic E-state index is 12.1. The number of para-hydroxylation sites is 1. The second-order valence-electron chi connectivity index (χ2n) is 9.17. The zero-order valence-corrected chi connectivity index (χ0v) is 16.3. The lowest BCUT2D eigenvalue weighted by atomic mass is 9.60. The van der Waals surface area contributed by atoms with Crippen molar-refractivity contribution in [1.82, 2.24) is 4.90 Å². The highest BCUT2D eigenvalue weighted by atomic mass is 16.4. The molecule has 2 aromatic rings. The van der Waals surface area contributed by atoms with Crippen molar-refractivity contribution < 1.29 is 9.90 Å². The minimum absolute atomic E-state index is 0.0853. The summed E-state index contributed by atoms with van der Waals surface area (Å²) in [7, 11) is 0. The summed E-state index contributed by atoms with van der Waals surface area (Å²) in [5.74, 6) is 0. The van der Waals surface area contributed by atoms with Crippen molar-refractivity contribution in [1.29, 1.82) is 0 Å². The van der Waals surface area contributed by atoms with Crippen molar-refractivity contribution in [2.75, 3.05) is 11.9 Å². The van der Waals surface area contributed by atoms with Crippen LogP contribution in [0.3, 0.4) is 0 Å². The number of hydrogen-bond acceptors (Lipinski definition) is 2. The predicted octanol–water partition coefficient (Wildman–Crippen LogP) is 5.70. The second kappa shape index (κ2) is 6.29. The summed E-state index contributed by atoms with van der Waals surface area (Å²) in [6, 6.07) is 18.7. The van der Waals surface area contributed by atoms with Gasteiger partial charge in [-0.3, -0.25) is 0 Å². The molecule has 0 saturated carbocycles. The topological polar surface area (TPSA) is 52.6 Å². The van der Waals surface area contributed by atoms with Gasteiger partial charge in [-0.2, -0.15) is 0 Å². The third-order valence-electron chi connectivity index (χ3n) is 6.04. The van der Waals surface area contributed by atoms with Gasteiger partial charge in [-0.05, 0) is 35.4 Å². The summed E-state index contributed by atoms with van der Waals surface area (Å²) < 4.78 is 0. The fraction of sp³-hybridized carbons (Fsp3) is 0.435. The molecule has 0 spiro atoms. The minimum Gasteiger partial charge on any atom is -0.465 e. The van der Waals surface area contributed by atoms with Gasteiger partial charge in [0.1, 0.15) is 0 Å². The minimum atomic E-state index is -0.820. The molecule has 1 amide bonds. The maximum Gasteiger partial charge on any atom is 0.407 e. The number of likely N-dealkylation sites (tertiary alicyclic amines) is 1. The highest BCUT2D eigenvalue weighted by molar-refractivity contribution is 5.69. The van der Waals surface area contributed by atoms with Crippen LogP contribution in [0.25, 0.3) is 0 Å². The van der Waals surface area contributed by atoms with Crippen molar-refractivity contribution in [2.24, 2.45) is 10.8 Å². The lowest BCUT2D eigenvalue weighted by Gasteiger charge is -2.51. The van der Waals surface area contributed by atoms with Crippen LogP contribution in [0.5, 0.6) is 0 Å². The molecule has 0 unspecified atom stereocenters. The molecule has 27 heavy (non-hydrogen) atoms. The van der Waals surface area contributed by atoms with E-state index in [1.54, 1.807) is 4.90 Å². The van der Waals surface area contributed by atoms with Gasteiger partial charge in [0.05, 0.1) is 12.1 Å². The zero-order valence-electron chi connectivity index (χ0n) is 16.3. The number of carbonyl (C=O) groups is 1. The molecular formula is C23H28N2O2. The van der Waals surface area contributed by atoms with Gasteiger partial charge >= 0.3 is 6.09 Å². The molecule has 0 bridgehead atoms. The molecule has 2 aliphatic heterocycles. The van der Waals surface area contributed by atoms with Crippen molar-refractivity contribution in [3.63, 3.8) is 0 Å². The van der Waals surface area contributed by atoms with Gasteiger partial charge in [-0.25, -0.2) is 4.79 Å². The third kappa shape index (κ3) is 2.97. The lowest BCUT2D eigenvalue weighted by molar-refractivity contribution is 0.0695. The third-order valence-corrected chi connectivity index (χ3v) is 6.04. The predicted molar refractivity (Wildman–Crippen MR) is 108 cm³/mol. The number of hydrogen-bond donors (Lipinski definition) is 2. The standard InChI is InChI=1S/C23H28N2O2/c1-22(2,3)15-23-13-14-25(21(26)27)20(23)17-11-7-8-12-18(17)24-19(23)16-9-5-4-6-10-16/h4-12,19-20,24H,13-15H2,1-3H3,(H,26,27)/t19-,20-,23-/m0/s1. The first-order valence-electron chi connectivity index (χ1n) is 9.72. The van der Waals surface area contributed by atoms with Crippen LogP contribution in [0, 0.1) is 10.8 Å². The van der Waals surface area contributed by atoms with Crippen LogP contribution in [-0.4, -0.2) is 22.6 Å². The largest absolute Gasteiger partial charge is 0.465 e. The van der Waals surface area contributed by atoms with E-state index in [9.17, 15) is 9.90 Å². The summed E-state index contributed by atoms with van der Waals surface area (Å²) in [6.07, 6.45) is 0.997. The molecule has 0 radical (unpaired) electrons. The molecule has 0 aliphatic carbocycles. The Morgan fingerprint density at radius 2 is 1.81 bits per heavy atom. The Bertz CT molecular complexity index is 843. The van der Waals surface area contributed by atoms with Gasteiger partial charge < -0.3 is 15.3 Å². The van der Waals surface area contributed by atoms with E-state index < -0.39 is 6.09 Å². The van der Waals surface area contributed by atoms with Gasteiger partial charge in [0.25, 0.3) is 0 Å². The summed E-state index contributed by atoms with van der Waals surface area (Å²) in [6.45, 7) is 7.34. The van der Waals surface area contributed by atoms with Gasteiger partial charge in [0, 0.05) is 17.6 Å². The number of carboxylic acid groups (broad SMARTS) is 1.